The molecule has 4 heterocycles. The van der Waals surface area contributed by atoms with Crippen LogP contribution in [0.4, 0.5) is 15.6 Å². The van der Waals surface area contributed by atoms with E-state index in [2.05, 4.69) is 54.2 Å². The zero-order chi connectivity index (χ0) is 34.1. The Morgan fingerprint density at radius 3 is 2.69 bits per heavy atom. The van der Waals surface area contributed by atoms with Gasteiger partial charge < -0.3 is 19.1 Å². The molecule has 2 aromatic heterocycles. The number of hydrogen-bond donors (Lipinski definition) is 1. The SMILES string of the molecule is CCCC1(COc2nc(N3CCCOCC3)c3ccc(-c4cccc5sc(NC(=O)OC(C)(C)C)c(C#N)c45)c(C)c3n2)CCCN1C. The standard InChI is InChI=1S/C37H46N6O4S/c1-7-15-37(16-9-17-42(37)6)23-46-34-39-31-24(2)25(13-14-27(31)32(40-34)43-18-10-20-45-21-19-43)26-11-8-12-29-30(26)28(22-38)33(48-29)41-35(44)47-36(3,4)5/h8,11-14H,7,9-10,15-21,23H2,1-6H3,(H,41,44). The normalized spacial score (nSPS) is 19.0. The highest BCUT2D eigenvalue weighted by molar-refractivity contribution is 7.23. The molecule has 4 aromatic rings. The summed E-state index contributed by atoms with van der Waals surface area (Å²) in [6.07, 6.45) is 4.73. The van der Waals surface area contributed by atoms with E-state index in [1.165, 1.54) is 11.3 Å². The number of thiophene rings is 1. The van der Waals surface area contributed by atoms with Crippen molar-refractivity contribution in [2.24, 2.45) is 0 Å². The van der Waals surface area contributed by atoms with Crippen molar-refractivity contribution in [3.8, 4) is 23.2 Å². The van der Waals surface area contributed by atoms with Gasteiger partial charge in [-0.25, -0.2) is 4.79 Å². The number of nitriles is 1. The van der Waals surface area contributed by atoms with E-state index in [1.807, 2.05) is 39.0 Å². The highest BCUT2D eigenvalue weighted by Crippen LogP contribution is 2.43. The summed E-state index contributed by atoms with van der Waals surface area (Å²) in [7, 11) is 2.20. The number of carbonyl (C=O) groups excluding carboxylic acids is 1. The summed E-state index contributed by atoms with van der Waals surface area (Å²) in [5, 5.41) is 15.4. The van der Waals surface area contributed by atoms with Crippen molar-refractivity contribution in [3.63, 3.8) is 0 Å². The van der Waals surface area contributed by atoms with Gasteiger partial charge in [0, 0.05) is 35.2 Å². The van der Waals surface area contributed by atoms with Crippen LogP contribution in [-0.2, 0) is 9.47 Å². The second kappa shape index (κ2) is 13.9. The number of nitrogens with zero attached hydrogens (tertiary/aromatic N) is 5. The summed E-state index contributed by atoms with van der Waals surface area (Å²) in [4.78, 5) is 27.5. The van der Waals surface area contributed by atoms with Gasteiger partial charge in [-0.3, -0.25) is 10.2 Å². The van der Waals surface area contributed by atoms with E-state index in [1.54, 1.807) is 0 Å². The molecule has 0 bridgehead atoms. The van der Waals surface area contributed by atoms with Gasteiger partial charge in [-0.2, -0.15) is 15.2 Å². The third-order valence-electron chi connectivity index (χ3n) is 9.47. The fourth-order valence-corrected chi connectivity index (χ4v) is 8.19. The molecule has 2 aliphatic rings. The highest BCUT2D eigenvalue weighted by Gasteiger charge is 2.39. The van der Waals surface area contributed by atoms with Crippen LogP contribution in [0.1, 0.15) is 70.9 Å². The summed E-state index contributed by atoms with van der Waals surface area (Å²) in [6, 6.07) is 12.9. The van der Waals surface area contributed by atoms with Crippen LogP contribution >= 0.6 is 11.3 Å². The number of likely N-dealkylation sites (tertiary alicyclic amines) is 1. The number of anilines is 2. The smallest absolute Gasteiger partial charge is 0.412 e. The molecule has 1 unspecified atom stereocenters. The Balaban J connectivity index is 1.45. The molecule has 0 radical (unpaired) electrons. The van der Waals surface area contributed by atoms with Crippen molar-refractivity contribution in [2.75, 3.05) is 56.7 Å². The van der Waals surface area contributed by atoms with E-state index < -0.39 is 11.7 Å². The van der Waals surface area contributed by atoms with Gasteiger partial charge in [0.05, 0.1) is 23.2 Å². The van der Waals surface area contributed by atoms with Crippen molar-refractivity contribution in [3.05, 3.63) is 41.5 Å². The second-order valence-electron chi connectivity index (χ2n) is 13.9. The van der Waals surface area contributed by atoms with Crippen molar-refractivity contribution >= 4 is 49.2 Å². The molecular formula is C37H46N6O4S. The third-order valence-corrected chi connectivity index (χ3v) is 10.5. The fourth-order valence-electron chi connectivity index (χ4n) is 7.12. The summed E-state index contributed by atoms with van der Waals surface area (Å²) in [6.45, 7) is 14.3. The number of carbonyl (C=O) groups is 1. The van der Waals surface area contributed by atoms with Crippen LogP contribution in [0.2, 0.25) is 0 Å². The first-order valence-electron chi connectivity index (χ1n) is 17.0. The zero-order valence-corrected chi connectivity index (χ0v) is 29.8. The lowest BCUT2D eigenvalue weighted by Crippen LogP contribution is -2.46. The molecule has 2 aliphatic heterocycles. The Morgan fingerprint density at radius 2 is 1.96 bits per heavy atom. The lowest BCUT2D eigenvalue weighted by molar-refractivity contribution is 0.0636. The van der Waals surface area contributed by atoms with Gasteiger partial charge in [-0.15, -0.1) is 11.3 Å². The number of nitrogens with one attached hydrogen (secondary N) is 1. The Bertz CT molecular complexity index is 1850. The van der Waals surface area contributed by atoms with Gasteiger partial charge in [0.15, 0.2) is 0 Å². The van der Waals surface area contributed by atoms with E-state index in [9.17, 15) is 10.1 Å². The van der Waals surface area contributed by atoms with Crippen LogP contribution in [0.3, 0.4) is 0 Å². The number of fused-ring (bicyclic) bond motifs is 2. The quantitative estimate of drug-likeness (QED) is 0.200. The number of amides is 1. The maximum atomic E-state index is 12.7. The number of benzene rings is 2. The largest absolute Gasteiger partial charge is 0.461 e. The number of aryl methyl sites for hydroxylation is 1. The van der Waals surface area contributed by atoms with E-state index in [4.69, 9.17) is 24.2 Å². The Kier molecular flexibility index (Phi) is 9.79. The highest BCUT2D eigenvalue weighted by atomic mass is 32.1. The molecule has 1 atom stereocenters. The van der Waals surface area contributed by atoms with Crippen molar-refractivity contribution in [2.45, 2.75) is 77.9 Å². The number of aromatic nitrogens is 2. The van der Waals surface area contributed by atoms with Gasteiger partial charge in [0.2, 0.25) is 0 Å². The molecule has 0 spiro atoms. The van der Waals surface area contributed by atoms with Crippen LogP contribution in [0.15, 0.2) is 30.3 Å². The van der Waals surface area contributed by atoms with Crippen LogP contribution in [0.5, 0.6) is 6.01 Å². The maximum Gasteiger partial charge on any atom is 0.412 e. The first kappa shape index (κ1) is 33.9. The van der Waals surface area contributed by atoms with E-state index in [0.29, 0.717) is 29.8 Å². The summed E-state index contributed by atoms with van der Waals surface area (Å²) in [5.74, 6) is 0.856. The van der Waals surface area contributed by atoms with Crippen LogP contribution in [0, 0.1) is 18.3 Å². The number of ether oxygens (including phenoxy) is 3. The molecule has 6 rings (SSSR count). The monoisotopic (exact) mass is 670 g/mol. The molecule has 254 valence electrons. The Labute approximate surface area is 287 Å². The lowest BCUT2D eigenvalue weighted by atomic mass is 9.92. The lowest BCUT2D eigenvalue weighted by Gasteiger charge is -2.35. The van der Waals surface area contributed by atoms with E-state index in [-0.39, 0.29) is 5.54 Å². The predicted octanol–water partition coefficient (Wildman–Crippen LogP) is 7.91. The van der Waals surface area contributed by atoms with E-state index >= 15 is 0 Å². The van der Waals surface area contributed by atoms with Gasteiger partial charge in [-0.05, 0) is 95.8 Å². The summed E-state index contributed by atoms with van der Waals surface area (Å²) < 4.78 is 18.7. The van der Waals surface area contributed by atoms with E-state index in [0.717, 1.165) is 102 Å². The van der Waals surface area contributed by atoms with Crippen molar-refractivity contribution in [1.82, 2.24) is 14.9 Å². The van der Waals surface area contributed by atoms with Gasteiger partial charge in [-0.1, -0.05) is 31.5 Å². The number of hydrogen-bond acceptors (Lipinski definition) is 10. The minimum atomic E-state index is -0.659. The van der Waals surface area contributed by atoms with Crippen LogP contribution < -0.4 is 15.0 Å². The molecule has 0 saturated carbocycles. The minimum Gasteiger partial charge on any atom is -0.461 e. The molecule has 1 N–H and O–H groups in total. The van der Waals surface area contributed by atoms with Crippen molar-refractivity contribution in [1.29, 1.82) is 5.26 Å². The third kappa shape index (κ3) is 6.79. The molecular weight excluding hydrogens is 625 g/mol. The molecule has 0 aliphatic carbocycles. The Hall–Kier alpha value is -3.98. The average Bonchev–Trinajstić information content (AvgIpc) is 3.44. The van der Waals surface area contributed by atoms with Gasteiger partial charge in [0.1, 0.15) is 29.1 Å². The number of likely N-dealkylation sites (N-methyl/N-ethyl adjacent to an activating group) is 1. The zero-order valence-electron chi connectivity index (χ0n) is 28.9. The topological polar surface area (TPSA) is 113 Å². The van der Waals surface area contributed by atoms with Crippen LogP contribution in [-0.4, -0.2) is 78.6 Å². The summed E-state index contributed by atoms with van der Waals surface area (Å²) in [5.41, 5.74) is 3.38. The first-order valence-corrected chi connectivity index (χ1v) is 17.8. The van der Waals surface area contributed by atoms with Gasteiger partial charge >= 0.3 is 12.1 Å². The van der Waals surface area contributed by atoms with Crippen molar-refractivity contribution < 1.29 is 19.0 Å². The molecule has 2 fully saturated rings. The van der Waals surface area contributed by atoms with Crippen LogP contribution in [0.25, 0.3) is 32.1 Å². The minimum absolute atomic E-state index is 0.0199. The molecule has 2 aromatic carbocycles. The van der Waals surface area contributed by atoms with Gasteiger partial charge in [0.25, 0.3) is 0 Å². The fraction of sp³-hybridized carbons (Fsp3) is 0.514. The second-order valence-corrected chi connectivity index (χ2v) is 15.0. The molecule has 11 heteroatoms. The Morgan fingerprint density at radius 1 is 1.12 bits per heavy atom. The molecule has 1 amide bonds. The maximum absolute atomic E-state index is 12.7. The predicted molar refractivity (Wildman–Crippen MR) is 192 cm³/mol. The number of rotatable bonds is 8. The average molecular weight is 671 g/mol. The first-order chi connectivity index (χ1) is 23.0. The molecule has 2 saturated heterocycles. The molecule has 48 heavy (non-hydrogen) atoms. The summed E-state index contributed by atoms with van der Waals surface area (Å²) >= 11 is 1.37. The molecule has 10 nitrogen and oxygen atoms in total.